The summed E-state index contributed by atoms with van der Waals surface area (Å²) in [7, 11) is 0. The minimum atomic E-state index is -0.402. The molecule has 1 aliphatic heterocycles. The van der Waals surface area contributed by atoms with Gasteiger partial charge in [-0.05, 0) is 50.9 Å². The number of oxime groups is 1. The maximum absolute atomic E-state index is 13.3. The van der Waals surface area contributed by atoms with Crippen LogP contribution in [0, 0.1) is 5.82 Å². The number of benzene rings is 1. The van der Waals surface area contributed by atoms with Crippen LogP contribution >= 0.6 is 28.1 Å². The van der Waals surface area contributed by atoms with Crippen molar-refractivity contribution in [2.24, 2.45) is 10.3 Å². The van der Waals surface area contributed by atoms with E-state index in [1.165, 1.54) is 30.3 Å². The Morgan fingerprint density at radius 2 is 2.40 bits per heavy atom. The van der Waals surface area contributed by atoms with E-state index in [0.717, 1.165) is 13.0 Å². The van der Waals surface area contributed by atoms with Gasteiger partial charge >= 0.3 is 0 Å². The van der Waals surface area contributed by atoms with Crippen molar-refractivity contribution in [3.05, 3.63) is 34.2 Å². The van der Waals surface area contributed by atoms with Crippen molar-refractivity contribution in [3.8, 4) is 0 Å². The molecule has 0 aliphatic carbocycles. The molecule has 134 valence electrons. The molecule has 5 N–H and O–H groups in total. The van der Waals surface area contributed by atoms with Crippen LogP contribution in [-0.4, -0.2) is 44.8 Å². The van der Waals surface area contributed by atoms with Gasteiger partial charge in [0, 0.05) is 37.0 Å². The van der Waals surface area contributed by atoms with Crippen molar-refractivity contribution in [3.63, 3.8) is 0 Å². The normalized spacial score (nSPS) is 18.0. The number of aromatic nitrogens is 2. The summed E-state index contributed by atoms with van der Waals surface area (Å²) in [5, 5.41) is 31.5. The van der Waals surface area contributed by atoms with Crippen LogP contribution in [0.4, 0.5) is 15.9 Å². The molecule has 3 rings (SSSR count). The molecule has 12 heteroatoms. The van der Waals surface area contributed by atoms with Crippen LogP contribution in [0.15, 0.2) is 32.5 Å². The van der Waals surface area contributed by atoms with Gasteiger partial charge in [0.15, 0.2) is 5.69 Å². The van der Waals surface area contributed by atoms with Gasteiger partial charge in [0.2, 0.25) is 11.7 Å². The molecule has 1 atom stereocenters. The summed E-state index contributed by atoms with van der Waals surface area (Å²) >= 11 is 4.29. The highest BCUT2D eigenvalue weighted by molar-refractivity contribution is 9.10. The lowest BCUT2D eigenvalue weighted by Gasteiger charge is -2.38. The maximum atomic E-state index is 13.3. The van der Waals surface area contributed by atoms with Crippen molar-refractivity contribution in [2.45, 2.75) is 12.5 Å². The average Bonchev–Trinajstić information content (AvgIpc) is 3.04. The second-order valence-electron chi connectivity index (χ2n) is 5.23. The van der Waals surface area contributed by atoms with Gasteiger partial charge in [-0.25, -0.2) is 13.3 Å². The Labute approximate surface area is 155 Å². The number of rotatable bonds is 6. The molecule has 2 aromatic rings. The molecule has 1 saturated heterocycles. The van der Waals surface area contributed by atoms with E-state index < -0.39 is 5.82 Å². The molecule has 0 spiro atoms. The van der Waals surface area contributed by atoms with E-state index in [9.17, 15) is 9.60 Å². The molecule has 1 aromatic heterocycles. The predicted molar refractivity (Wildman–Crippen MR) is 95.7 cm³/mol. The molecule has 0 bridgehead atoms. The molecule has 25 heavy (non-hydrogen) atoms. The van der Waals surface area contributed by atoms with Gasteiger partial charge < -0.3 is 15.8 Å². The van der Waals surface area contributed by atoms with E-state index in [1.807, 2.05) is 4.31 Å². The predicted octanol–water partition coefficient (Wildman–Crippen LogP) is 2.23. The van der Waals surface area contributed by atoms with Gasteiger partial charge in [-0.2, -0.15) is 0 Å². The van der Waals surface area contributed by atoms with Crippen molar-refractivity contribution >= 4 is 45.4 Å². The lowest BCUT2D eigenvalue weighted by molar-refractivity contribution is 0.232. The van der Waals surface area contributed by atoms with Gasteiger partial charge in [0.05, 0.1) is 4.47 Å². The van der Waals surface area contributed by atoms with Crippen LogP contribution < -0.4 is 15.8 Å². The van der Waals surface area contributed by atoms with Crippen LogP contribution in [0.2, 0.25) is 0 Å². The second kappa shape index (κ2) is 7.99. The average molecular weight is 432 g/mol. The van der Waals surface area contributed by atoms with Crippen LogP contribution in [0.25, 0.3) is 0 Å². The Kier molecular flexibility index (Phi) is 5.73. The van der Waals surface area contributed by atoms with E-state index in [4.69, 9.17) is 9.77 Å². The summed E-state index contributed by atoms with van der Waals surface area (Å²) in [6.45, 7) is 1.52. The first-order valence-electron chi connectivity index (χ1n) is 7.26. The second-order valence-corrected chi connectivity index (χ2v) is 6.77. The van der Waals surface area contributed by atoms with E-state index in [0.29, 0.717) is 18.1 Å². The zero-order valence-electron chi connectivity index (χ0n) is 12.8. The minimum Gasteiger partial charge on any atom is -0.409 e. The zero-order valence-corrected chi connectivity index (χ0v) is 15.2. The van der Waals surface area contributed by atoms with Crippen LogP contribution in [0.5, 0.6) is 0 Å². The number of amidine groups is 1. The summed E-state index contributed by atoms with van der Waals surface area (Å²) in [5.74, 6) is -0.0578. The largest absolute Gasteiger partial charge is 0.409 e. The number of nitrogens with zero attached hydrogens (tertiary/aromatic N) is 4. The summed E-state index contributed by atoms with van der Waals surface area (Å²) in [6.07, 6.45) is 1.01. The number of halogens is 2. The zero-order chi connectivity index (χ0) is 17.8. The molecule has 0 saturated carbocycles. The molecular formula is C13H15BrFN7O2S. The monoisotopic (exact) mass is 431 g/mol. The Bertz CT molecular complexity index is 773. The molecule has 1 unspecified atom stereocenters. The third-order valence-corrected chi connectivity index (χ3v) is 5.08. The number of anilines is 2. The van der Waals surface area contributed by atoms with Crippen molar-refractivity contribution in [2.75, 3.05) is 23.7 Å². The summed E-state index contributed by atoms with van der Waals surface area (Å²) in [4.78, 5) is 0. The van der Waals surface area contributed by atoms with E-state index in [-0.39, 0.29) is 22.0 Å². The van der Waals surface area contributed by atoms with Gasteiger partial charge in [-0.1, -0.05) is 5.16 Å². The van der Waals surface area contributed by atoms with Crippen molar-refractivity contribution < 1.29 is 14.2 Å². The molecule has 1 fully saturated rings. The standard InChI is InChI=1S/C13H15BrFN7O2S/c14-9-5-7(1-2-10(9)15)18-13(19-23)11-12(21-24-20-11)17-6-8-3-4-22(8)25-16/h1-2,5,8,23H,3-4,6,16H2,(H,17,21)(H,18,19). The lowest BCUT2D eigenvalue weighted by atomic mass is 10.1. The smallest absolute Gasteiger partial charge is 0.203 e. The Hall–Kier alpha value is -1.89. The van der Waals surface area contributed by atoms with Gasteiger partial charge in [0.25, 0.3) is 0 Å². The maximum Gasteiger partial charge on any atom is 0.203 e. The van der Waals surface area contributed by atoms with Crippen molar-refractivity contribution in [1.29, 1.82) is 0 Å². The first-order chi connectivity index (χ1) is 12.1. The fraction of sp³-hybridized carbons (Fsp3) is 0.308. The highest BCUT2D eigenvalue weighted by Crippen LogP contribution is 2.24. The van der Waals surface area contributed by atoms with E-state index in [2.05, 4.69) is 42.0 Å². The highest BCUT2D eigenvalue weighted by Gasteiger charge is 2.28. The lowest BCUT2D eigenvalue weighted by Crippen LogP contribution is -2.47. The number of hydrogen-bond acceptors (Lipinski definition) is 9. The van der Waals surface area contributed by atoms with E-state index >= 15 is 0 Å². The van der Waals surface area contributed by atoms with E-state index in [1.54, 1.807) is 0 Å². The molecule has 1 aliphatic rings. The minimum absolute atomic E-state index is 0.0147. The van der Waals surface area contributed by atoms with Crippen LogP contribution in [0.1, 0.15) is 12.1 Å². The topological polar surface area (TPSA) is 125 Å². The Morgan fingerprint density at radius 3 is 3.04 bits per heavy atom. The molecular weight excluding hydrogens is 417 g/mol. The summed E-state index contributed by atoms with van der Waals surface area (Å²) in [6, 6.07) is 4.55. The Balaban J connectivity index is 1.69. The van der Waals surface area contributed by atoms with Gasteiger partial charge in [0.1, 0.15) is 5.82 Å². The first kappa shape index (κ1) is 17.9. The van der Waals surface area contributed by atoms with Crippen LogP contribution in [-0.2, 0) is 0 Å². The molecule has 9 nitrogen and oxygen atoms in total. The Morgan fingerprint density at radius 1 is 1.56 bits per heavy atom. The first-order valence-corrected chi connectivity index (χ1v) is 8.89. The highest BCUT2D eigenvalue weighted by atomic mass is 79.9. The third kappa shape index (κ3) is 4.03. The van der Waals surface area contributed by atoms with Gasteiger partial charge in [-0.3, -0.25) is 5.14 Å². The number of hydrogen-bond donors (Lipinski definition) is 4. The molecule has 2 heterocycles. The van der Waals surface area contributed by atoms with Gasteiger partial charge in [-0.15, -0.1) is 0 Å². The molecule has 0 amide bonds. The summed E-state index contributed by atoms with van der Waals surface area (Å²) in [5.41, 5.74) is 0.703. The number of nitrogens with one attached hydrogen (secondary N) is 2. The van der Waals surface area contributed by atoms with Crippen LogP contribution in [0.3, 0.4) is 0 Å². The third-order valence-electron chi connectivity index (χ3n) is 3.73. The van der Waals surface area contributed by atoms with Crippen molar-refractivity contribution in [1.82, 2.24) is 14.6 Å². The molecule has 0 radical (unpaired) electrons. The fourth-order valence-electron chi connectivity index (χ4n) is 2.28. The number of nitrogens with two attached hydrogens (primary N) is 1. The SMILES string of the molecule is NSN1CCC1CNc1nonc1/C(=N/O)Nc1ccc(F)c(Br)c1. The fourth-order valence-corrected chi connectivity index (χ4v) is 3.22. The molecule has 1 aromatic carbocycles. The quantitative estimate of drug-likeness (QED) is 0.179. The summed E-state index contributed by atoms with van der Waals surface area (Å²) < 4.78 is 20.4.